The first-order chi connectivity index (χ1) is 10.9. The number of hydrogen-bond acceptors (Lipinski definition) is 4. The zero-order valence-electron chi connectivity index (χ0n) is 12.3. The average molecular weight is 348 g/mol. The Labute approximate surface area is 140 Å². The standard InChI is InChI=1S/C16H14ClN3O2S/c1-23(21,22)20-15-8-4-13(5-9-15)11-19-16(17)14-6-2-12(10-18)3-7-14/h2-9,20H,11H2,1H3/b19-16-. The predicted molar refractivity (Wildman–Crippen MR) is 92.2 cm³/mol. The van der Waals surface area contributed by atoms with Gasteiger partial charge in [0, 0.05) is 11.3 Å². The van der Waals surface area contributed by atoms with E-state index in [2.05, 4.69) is 9.71 Å². The Morgan fingerprint density at radius 2 is 1.78 bits per heavy atom. The van der Waals surface area contributed by atoms with Crippen molar-refractivity contribution in [3.8, 4) is 6.07 Å². The molecule has 0 aromatic heterocycles. The largest absolute Gasteiger partial charge is 0.284 e. The molecule has 0 atom stereocenters. The lowest BCUT2D eigenvalue weighted by Gasteiger charge is -2.04. The van der Waals surface area contributed by atoms with Crippen LogP contribution < -0.4 is 4.72 Å². The Balaban J connectivity index is 2.05. The van der Waals surface area contributed by atoms with Gasteiger partial charge in [-0.1, -0.05) is 35.9 Å². The first-order valence-corrected chi connectivity index (χ1v) is 8.91. The zero-order chi connectivity index (χ0) is 16.9. The van der Waals surface area contributed by atoms with Gasteiger partial charge in [0.25, 0.3) is 0 Å². The molecule has 0 aliphatic rings. The van der Waals surface area contributed by atoms with Crippen molar-refractivity contribution in [1.82, 2.24) is 0 Å². The fraction of sp³-hybridized carbons (Fsp3) is 0.125. The minimum absolute atomic E-state index is 0.354. The Hall–Kier alpha value is -2.36. The lowest BCUT2D eigenvalue weighted by molar-refractivity contribution is 0.607. The van der Waals surface area contributed by atoms with Crippen LogP contribution >= 0.6 is 11.6 Å². The third kappa shape index (κ3) is 5.40. The van der Waals surface area contributed by atoms with Crippen molar-refractivity contribution in [1.29, 1.82) is 5.26 Å². The summed E-state index contributed by atoms with van der Waals surface area (Å²) >= 11 is 6.15. The summed E-state index contributed by atoms with van der Waals surface area (Å²) in [5.74, 6) is 0. The number of halogens is 1. The number of anilines is 1. The molecule has 0 aliphatic carbocycles. The Morgan fingerprint density at radius 1 is 1.17 bits per heavy atom. The van der Waals surface area contributed by atoms with E-state index in [9.17, 15) is 8.42 Å². The van der Waals surface area contributed by atoms with Crippen molar-refractivity contribution in [2.45, 2.75) is 6.54 Å². The second kappa shape index (κ2) is 7.27. The van der Waals surface area contributed by atoms with Crippen LogP contribution in [0.15, 0.2) is 53.5 Å². The van der Waals surface area contributed by atoms with Gasteiger partial charge in [-0.15, -0.1) is 0 Å². The summed E-state index contributed by atoms with van der Waals surface area (Å²) in [7, 11) is -3.28. The smallest absolute Gasteiger partial charge is 0.229 e. The highest BCUT2D eigenvalue weighted by Crippen LogP contribution is 2.13. The van der Waals surface area contributed by atoms with Crippen LogP contribution in [0.1, 0.15) is 16.7 Å². The highest BCUT2D eigenvalue weighted by Gasteiger charge is 2.03. The highest BCUT2D eigenvalue weighted by atomic mass is 35.5. The SMILES string of the molecule is CS(=O)(=O)Nc1ccc(C/N=C(\Cl)c2ccc(C#N)cc2)cc1. The summed E-state index contributed by atoms with van der Waals surface area (Å²) < 4.78 is 24.7. The van der Waals surface area contributed by atoms with Gasteiger partial charge in [0.1, 0.15) is 5.17 Å². The fourth-order valence-electron chi connectivity index (χ4n) is 1.83. The lowest BCUT2D eigenvalue weighted by Crippen LogP contribution is -2.09. The van der Waals surface area contributed by atoms with Gasteiger partial charge in [0.05, 0.1) is 24.4 Å². The number of rotatable bonds is 5. The molecule has 0 spiro atoms. The zero-order valence-corrected chi connectivity index (χ0v) is 13.9. The molecular weight excluding hydrogens is 334 g/mol. The molecule has 0 bridgehead atoms. The third-order valence-electron chi connectivity index (χ3n) is 2.91. The minimum Gasteiger partial charge on any atom is -0.284 e. The maximum atomic E-state index is 11.1. The van der Waals surface area contributed by atoms with Gasteiger partial charge in [0.2, 0.25) is 10.0 Å². The molecule has 0 radical (unpaired) electrons. The second-order valence-electron chi connectivity index (χ2n) is 4.87. The van der Waals surface area contributed by atoms with E-state index in [4.69, 9.17) is 16.9 Å². The third-order valence-corrected chi connectivity index (χ3v) is 3.85. The molecule has 0 amide bonds. The van der Waals surface area contributed by atoms with Crippen LogP contribution in [0.5, 0.6) is 0 Å². The number of nitrogens with zero attached hydrogens (tertiary/aromatic N) is 2. The van der Waals surface area contributed by atoms with Gasteiger partial charge in [-0.2, -0.15) is 5.26 Å². The molecule has 0 saturated carbocycles. The van der Waals surface area contributed by atoms with Gasteiger partial charge in [-0.25, -0.2) is 8.42 Å². The summed E-state index contributed by atoms with van der Waals surface area (Å²) in [6, 6.07) is 15.8. The Kier molecular flexibility index (Phi) is 5.37. The molecule has 5 nitrogen and oxygen atoms in total. The number of aliphatic imine (C=N–C) groups is 1. The number of sulfonamides is 1. The molecule has 7 heteroatoms. The molecule has 2 aromatic rings. The van der Waals surface area contributed by atoms with E-state index in [0.29, 0.717) is 23.0 Å². The second-order valence-corrected chi connectivity index (χ2v) is 6.97. The van der Waals surface area contributed by atoms with Crippen molar-refractivity contribution in [3.05, 3.63) is 65.2 Å². The van der Waals surface area contributed by atoms with Crippen LogP contribution in [0.3, 0.4) is 0 Å². The minimum atomic E-state index is -3.28. The van der Waals surface area contributed by atoms with E-state index < -0.39 is 10.0 Å². The van der Waals surface area contributed by atoms with Crippen LogP contribution in [0.4, 0.5) is 5.69 Å². The summed E-state index contributed by atoms with van der Waals surface area (Å²) in [4.78, 5) is 4.28. The summed E-state index contributed by atoms with van der Waals surface area (Å²) in [6.45, 7) is 0.373. The number of nitriles is 1. The first kappa shape index (κ1) is 17.0. The maximum Gasteiger partial charge on any atom is 0.229 e. The van der Waals surface area contributed by atoms with Crippen molar-refractivity contribution in [3.63, 3.8) is 0 Å². The van der Waals surface area contributed by atoms with Gasteiger partial charge >= 0.3 is 0 Å². The molecule has 0 unspecified atom stereocenters. The molecule has 23 heavy (non-hydrogen) atoms. The molecule has 0 fully saturated rings. The first-order valence-electron chi connectivity index (χ1n) is 6.64. The van der Waals surface area contributed by atoms with Crippen LogP contribution in [-0.4, -0.2) is 19.8 Å². The molecule has 2 rings (SSSR count). The normalized spacial score (nSPS) is 11.8. The summed E-state index contributed by atoms with van der Waals surface area (Å²) in [5, 5.41) is 9.11. The van der Waals surface area contributed by atoms with E-state index in [1.807, 2.05) is 6.07 Å². The van der Waals surface area contributed by atoms with E-state index in [-0.39, 0.29) is 0 Å². The van der Waals surface area contributed by atoms with E-state index in [0.717, 1.165) is 17.4 Å². The van der Waals surface area contributed by atoms with Gasteiger partial charge in [0.15, 0.2) is 0 Å². The topological polar surface area (TPSA) is 82.3 Å². The van der Waals surface area contributed by atoms with E-state index in [1.165, 1.54) is 0 Å². The highest BCUT2D eigenvalue weighted by molar-refractivity contribution is 7.92. The Morgan fingerprint density at radius 3 is 2.30 bits per heavy atom. The number of nitrogens with one attached hydrogen (secondary N) is 1. The molecule has 118 valence electrons. The fourth-order valence-corrected chi connectivity index (χ4v) is 2.58. The van der Waals surface area contributed by atoms with Crippen molar-refractivity contribution in [2.75, 3.05) is 11.0 Å². The molecule has 0 aliphatic heterocycles. The van der Waals surface area contributed by atoms with E-state index in [1.54, 1.807) is 48.5 Å². The lowest BCUT2D eigenvalue weighted by atomic mass is 10.1. The van der Waals surface area contributed by atoms with Crippen LogP contribution in [0, 0.1) is 11.3 Å². The average Bonchev–Trinajstić information content (AvgIpc) is 2.52. The van der Waals surface area contributed by atoms with E-state index >= 15 is 0 Å². The predicted octanol–water partition coefficient (Wildman–Crippen LogP) is 3.12. The van der Waals surface area contributed by atoms with Crippen LogP contribution in [-0.2, 0) is 16.6 Å². The summed E-state index contributed by atoms with van der Waals surface area (Å²) in [6.07, 6.45) is 1.10. The molecule has 0 heterocycles. The van der Waals surface area contributed by atoms with Crippen molar-refractivity contribution in [2.24, 2.45) is 4.99 Å². The molecular formula is C16H14ClN3O2S. The molecule has 2 aromatic carbocycles. The van der Waals surface area contributed by atoms with Crippen LogP contribution in [0.2, 0.25) is 0 Å². The Bertz CT molecular complexity index is 852. The van der Waals surface area contributed by atoms with Crippen molar-refractivity contribution < 1.29 is 8.42 Å². The van der Waals surface area contributed by atoms with Gasteiger partial charge in [-0.05, 0) is 29.8 Å². The summed E-state index contributed by atoms with van der Waals surface area (Å²) in [5.41, 5.74) is 2.70. The number of benzene rings is 2. The van der Waals surface area contributed by atoms with Crippen molar-refractivity contribution >= 4 is 32.5 Å². The monoisotopic (exact) mass is 347 g/mol. The van der Waals surface area contributed by atoms with Gasteiger partial charge < -0.3 is 0 Å². The maximum absolute atomic E-state index is 11.1. The quantitative estimate of drug-likeness (QED) is 0.843. The molecule has 0 saturated heterocycles. The number of hydrogen-bond donors (Lipinski definition) is 1. The molecule has 1 N–H and O–H groups in total. The van der Waals surface area contributed by atoms with Gasteiger partial charge in [-0.3, -0.25) is 9.71 Å². The van der Waals surface area contributed by atoms with Crippen LogP contribution in [0.25, 0.3) is 0 Å².